The molecule has 0 aliphatic carbocycles. The first kappa shape index (κ1) is 24.5. The van der Waals surface area contributed by atoms with Gasteiger partial charge in [-0.15, -0.1) is 0 Å². The fourth-order valence-electron chi connectivity index (χ4n) is 3.93. The number of amides is 1. The molecule has 3 heterocycles. The van der Waals surface area contributed by atoms with Crippen LogP contribution in [0.2, 0.25) is 0 Å². The second kappa shape index (κ2) is 10.8. The Hall–Kier alpha value is -2.59. The van der Waals surface area contributed by atoms with Crippen LogP contribution in [-0.4, -0.2) is 72.0 Å². The first-order valence-electron chi connectivity index (χ1n) is 11.7. The largest absolute Gasteiger partial charge is 0.444 e. The lowest BCUT2D eigenvalue weighted by molar-refractivity contribution is 0.0240. The zero-order valence-electron chi connectivity index (χ0n) is 20.0. The lowest BCUT2D eigenvalue weighted by Gasteiger charge is -2.36. The Kier molecular flexibility index (Phi) is 7.77. The highest BCUT2D eigenvalue weighted by molar-refractivity contribution is 9.10. The van der Waals surface area contributed by atoms with Crippen molar-refractivity contribution >= 4 is 45.2 Å². The van der Waals surface area contributed by atoms with Gasteiger partial charge in [-0.25, -0.2) is 9.78 Å². The number of carbonyl (C=O) groups is 1. The predicted octanol–water partition coefficient (Wildman–Crippen LogP) is 4.63. The maximum Gasteiger partial charge on any atom is 0.410 e. The topological polar surface area (TPSA) is 91.9 Å². The molecule has 1 aromatic heterocycles. The average molecular weight is 533 g/mol. The summed E-state index contributed by atoms with van der Waals surface area (Å²) in [6.45, 7) is 10.0. The lowest BCUT2D eigenvalue weighted by Crippen LogP contribution is -2.50. The monoisotopic (exact) mass is 532 g/mol. The number of piperazine rings is 1. The van der Waals surface area contributed by atoms with Crippen LogP contribution >= 0.6 is 15.9 Å². The van der Waals surface area contributed by atoms with Gasteiger partial charge in [-0.05, 0) is 73.8 Å². The van der Waals surface area contributed by atoms with Crippen LogP contribution in [0.1, 0.15) is 33.6 Å². The number of hydrogen-bond acceptors (Lipinski definition) is 8. The Labute approximate surface area is 209 Å². The Bertz CT molecular complexity index is 968. The van der Waals surface area contributed by atoms with E-state index >= 15 is 0 Å². The molecule has 9 nitrogen and oxygen atoms in total. The molecule has 0 radical (unpaired) electrons. The van der Waals surface area contributed by atoms with E-state index in [-0.39, 0.29) is 12.2 Å². The Balaban J connectivity index is 1.30. The van der Waals surface area contributed by atoms with Crippen molar-refractivity contribution in [1.82, 2.24) is 14.9 Å². The molecule has 184 valence electrons. The Morgan fingerprint density at radius 1 is 1.21 bits per heavy atom. The number of benzene rings is 1. The highest BCUT2D eigenvalue weighted by Gasteiger charge is 2.26. The number of nitrogens with zero attached hydrogens (tertiary/aromatic N) is 4. The fourth-order valence-corrected chi connectivity index (χ4v) is 4.26. The van der Waals surface area contributed by atoms with Crippen LogP contribution < -0.4 is 15.5 Å². The van der Waals surface area contributed by atoms with Gasteiger partial charge in [0.25, 0.3) is 0 Å². The number of ether oxygens (including phenoxy) is 2. The maximum absolute atomic E-state index is 12.3. The molecule has 34 heavy (non-hydrogen) atoms. The third-order valence-electron chi connectivity index (χ3n) is 5.69. The number of hydrogen-bond donors (Lipinski definition) is 2. The SMILES string of the molecule is CC(C)(C)OC(=O)N1CCN(c2ccc(Nc3ncc(Br)c(NCC4CCCO4)n3)cc2)CC1. The zero-order valence-corrected chi connectivity index (χ0v) is 21.6. The minimum Gasteiger partial charge on any atom is -0.444 e. The van der Waals surface area contributed by atoms with E-state index in [4.69, 9.17) is 9.47 Å². The molecule has 0 saturated carbocycles. The smallest absolute Gasteiger partial charge is 0.410 e. The standard InChI is InChI=1S/C24H33BrN6O3/c1-24(2,3)34-23(32)31-12-10-30(11-13-31)18-8-6-17(7-9-18)28-22-27-16-20(25)21(29-22)26-15-19-5-4-14-33-19/h6-9,16,19H,4-5,10-15H2,1-3H3,(H2,26,27,28,29). The summed E-state index contributed by atoms with van der Waals surface area (Å²) in [5.41, 5.74) is 1.55. The molecule has 0 bridgehead atoms. The van der Waals surface area contributed by atoms with Crippen molar-refractivity contribution in [3.05, 3.63) is 34.9 Å². The van der Waals surface area contributed by atoms with Crippen molar-refractivity contribution < 1.29 is 14.3 Å². The van der Waals surface area contributed by atoms with Crippen LogP contribution in [0.4, 0.5) is 27.9 Å². The van der Waals surface area contributed by atoms with Crippen molar-refractivity contribution in [1.29, 1.82) is 0 Å². The van der Waals surface area contributed by atoms with Crippen LogP contribution in [0, 0.1) is 0 Å². The van der Waals surface area contributed by atoms with Gasteiger partial charge in [0.05, 0.1) is 10.6 Å². The normalized spacial score (nSPS) is 18.6. The lowest BCUT2D eigenvalue weighted by atomic mass is 10.2. The Morgan fingerprint density at radius 2 is 1.94 bits per heavy atom. The van der Waals surface area contributed by atoms with Gasteiger partial charge in [-0.1, -0.05) is 0 Å². The third-order valence-corrected chi connectivity index (χ3v) is 6.27. The van der Waals surface area contributed by atoms with E-state index in [9.17, 15) is 4.79 Å². The molecule has 2 aromatic rings. The molecule has 2 saturated heterocycles. The van der Waals surface area contributed by atoms with Gasteiger partial charge in [0, 0.05) is 56.9 Å². The summed E-state index contributed by atoms with van der Waals surface area (Å²) in [5, 5.41) is 6.62. The van der Waals surface area contributed by atoms with Gasteiger partial charge in [-0.3, -0.25) is 0 Å². The molecule has 4 rings (SSSR count). The molecule has 2 N–H and O–H groups in total. The van der Waals surface area contributed by atoms with E-state index in [0.29, 0.717) is 19.0 Å². The molecule has 0 spiro atoms. The predicted molar refractivity (Wildman–Crippen MR) is 137 cm³/mol. The first-order valence-corrected chi connectivity index (χ1v) is 12.5. The summed E-state index contributed by atoms with van der Waals surface area (Å²) in [4.78, 5) is 25.3. The number of anilines is 4. The zero-order chi connectivity index (χ0) is 24.1. The van der Waals surface area contributed by atoms with Crippen molar-refractivity contribution in [2.45, 2.75) is 45.3 Å². The molecule has 1 atom stereocenters. The van der Waals surface area contributed by atoms with Crippen molar-refractivity contribution in [3.63, 3.8) is 0 Å². The van der Waals surface area contributed by atoms with Gasteiger partial charge < -0.3 is 29.9 Å². The summed E-state index contributed by atoms with van der Waals surface area (Å²) in [6.07, 6.45) is 3.91. The van der Waals surface area contributed by atoms with Crippen LogP contribution in [0.5, 0.6) is 0 Å². The van der Waals surface area contributed by atoms with Gasteiger partial charge in [0.1, 0.15) is 11.4 Å². The molecule has 1 aromatic carbocycles. The van der Waals surface area contributed by atoms with Crippen LogP contribution in [0.25, 0.3) is 0 Å². The average Bonchev–Trinajstić information content (AvgIpc) is 3.33. The number of halogens is 1. The number of rotatable bonds is 6. The summed E-state index contributed by atoms with van der Waals surface area (Å²) >= 11 is 3.51. The first-order chi connectivity index (χ1) is 16.3. The van der Waals surface area contributed by atoms with Crippen LogP contribution in [-0.2, 0) is 9.47 Å². The van der Waals surface area contributed by atoms with Crippen LogP contribution in [0.15, 0.2) is 34.9 Å². The summed E-state index contributed by atoms with van der Waals surface area (Å²) in [7, 11) is 0. The highest BCUT2D eigenvalue weighted by Crippen LogP contribution is 2.25. The third kappa shape index (κ3) is 6.73. The molecule has 1 amide bonds. The van der Waals surface area contributed by atoms with E-state index in [0.717, 1.165) is 60.7 Å². The van der Waals surface area contributed by atoms with E-state index in [1.807, 2.05) is 32.9 Å². The van der Waals surface area contributed by atoms with Gasteiger partial charge >= 0.3 is 6.09 Å². The molecule has 2 fully saturated rings. The molecule has 2 aliphatic heterocycles. The van der Waals surface area contributed by atoms with Gasteiger partial charge in [-0.2, -0.15) is 4.98 Å². The van der Waals surface area contributed by atoms with E-state index in [1.54, 1.807) is 11.1 Å². The van der Waals surface area contributed by atoms with E-state index < -0.39 is 5.60 Å². The summed E-state index contributed by atoms with van der Waals surface area (Å²) < 4.78 is 12.0. The van der Waals surface area contributed by atoms with E-state index in [1.165, 1.54) is 0 Å². The van der Waals surface area contributed by atoms with Crippen molar-refractivity contribution in [2.75, 3.05) is 54.9 Å². The fraction of sp³-hybridized carbons (Fsp3) is 0.542. The molecule has 2 aliphatic rings. The number of nitrogens with one attached hydrogen (secondary N) is 2. The minimum absolute atomic E-state index is 0.233. The Morgan fingerprint density at radius 3 is 2.59 bits per heavy atom. The maximum atomic E-state index is 12.3. The van der Waals surface area contributed by atoms with E-state index in [2.05, 4.69) is 53.6 Å². The quantitative estimate of drug-likeness (QED) is 0.556. The number of aromatic nitrogens is 2. The second-order valence-corrected chi connectivity index (χ2v) is 10.4. The van der Waals surface area contributed by atoms with Crippen molar-refractivity contribution in [3.8, 4) is 0 Å². The van der Waals surface area contributed by atoms with Crippen molar-refractivity contribution in [2.24, 2.45) is 0 Å². The highest BCUT2D eigenvalue weighted by atomic mass is 79.9. The second-order valence-electron chi connectivity index (χ2n) is 9.53. The van der Waals surface area contributed by atoms with Gasteiger partial charge in [0.2, 0.25) is 5.95 Å². The minimum atomic E-state index is -0.475. The summed E-state index contributed by atoms with van der Waals surface area (Å²) in [6, 6.07) is 8.17. The van der Waals surface area contributed by atoms with Crippen LogP contribution in [0.3, 0.4) is 0 Å². The summed E-state index contributed by atoms with van der Waals surface area (Å²) in [5.74, 6) is 1.27. The number of carbonyl (C=O) groups excluding carboxylic acids is 1. The van der Waals surface area contributed by atoms with Gasteiger partial charge in [0.15, 0.2) is 0 Å². The molecular weight excluding hydrogens is 500 g/mol. The molecule has 10 heteroatoms. The molecule has 1 unspecified atom stereocenters. The molecular formula is C24H33BrN6O3.